The first-order chi connectivity index (χ1) is 13.9. The molecule has 5 atom stereocenters. The summed E-state index contributed by atoms with van der Waals surface area (Å²) in [7, 11) is 0. The SMILES string of the molecule is NC(=O)c1cnc(Cc2ccc(F)cc2)cc1NC1[C@@H]2CC3C[C@H]1CC(O)(C3)C2. The van der Waals surface area contributed by atoms with Crippen molar-refractivity contribution in [3.8, 4) is 0 Å². The summed E-state index contributed by atoms with van der Waals surface area (Å²) in [6.45, 7) is 0. The van der Waals surface area contributed by atoms with Crippen molar-refractivity contribution in [3.63, 3.8) is 0 Å². The van der Waals surface area contributed by atoms with Gasteiger partial charge < -0.3 is 16.2 Å². The number of primary amides is 1. The zero-order valence-corrected chi connectivity index (χ0v) is 16.3. The largest absolute Gasteiger partial charge is 0.390 e. The van der Waals surface area contributed by atoms with Crippen molar-refractivity contribution in [2.24, 2.45) is 23.5 Å². The second kappa shape index (κ2) is 6.80. The highest BCUT2D eigenvalue weighted by Crippen LogP contribution is 2.56. The Hall–Kier alpha value is -2.47. The Morgan fingerprint density at radius 1 is 1.21 bits per heavy atom. The van der Waals surface area contributed by atoms with Crippen LogP contribution < -0.4 is 11.1 Å². The highest BCUT2D eigenvalue weighted by atomic mass is 19.1. The van der Waals surface area contributed by atoms with Gasteiger partial charge in [-0.15, -0.1) is 0 Å². The van der Waals surface area contributed by atoms with Gasteiger partial charge in [0.2, 0.25) is 0 Å². The molecule has 152 valence electrons. The zero-order chi connectivity index (χ0) is 20.2. The lowest BCUT2D eigenvalue weighted by Gasteiger charge is -2.58. The number of carbonyl (C=O) groups excluding carboxylic acids is 1. The minimum absolute atomic E-state index is 0.242. The van der Waals surface area contributed by atoms with Gasteiger partial charge in [0.05, 0.1) is 16.9 Å². The molecule has 1 aromatic heterocycles. The van der Waals surface area contributed by atoms with Gasteiger partial charge in [-0.05, 0) is 73.6 Å². The Morgan fingerprint density at radius 3 is 2.52 bits per heavy atom. The lowest BCUT2D eigenvalue weighted by molar-refractivity contribution is -0.129. The molecule has 0 spiro atoms. The number of benzene rings is 1. The highest BCUT2D eigenvalue weighted by Gasteiger charge is 2.54. The van der Waals surface area contributed by atoms with Gasteiger partial charge in [-0.3, -0.25) is 9.78 Å². The van der Waals surface area contributed by atoms with E-state index in [1.54, 1.807) is 12.1 Å². The number of amides is 1. The van der Waals surface area contributed by atoms with Crippen LogP contribution in [0.3, 0.4) is 0 Å². The Balaban J connectivity index is 1.41. The molecule has 1 aromatic carbocycles. The molecule has 2 aromatic rings. The van der Waals surface area contributed by atoms with Gasteiger partial charge in [-0.25, -0.2) is 4.39 Å². The number of carbonyl (C=O) groups is 1. The van der Waals surface area contributed by atoms with E-state index in [9.17, 15) is 14.3 Å². The summed E-state index contributed by atoms with van der Waals surface area (Å²) < 4.78 is 13.2. The first kappa shape index (κ1) is 18.6. The number of anilines is 1. The number of halogens is 1. The Bertz CT molecular complexity index is 930. The third-order valence-corrected chi connectivity index (χ3v) is 7.09. The van der Waals surface area contributed by atoms with Gasteiger partial charge in [0.1, 0.15) is 5.82 Å². The quantitative estimate of drug-likeness (QED) is 0.725. The maximum absolute atomic E-state index is 13.2. The molecule has 0 aliphatic heterocycles. The Labute approximate surface area is 169 Å². The molecular weight excluding hydrogens is 369 g/mol. The van der Waals surface area contributed by atoms with Crippen molar-refractivity contribution in [3.05, 3.63) is 59.2 Å². The van der Waals surface area contributed by atoms with E-state index in [0.29, 0.717) is 35.4 Å². The first-order valence-corrected chi connectivity index (χ1v) is 10.4. The zero-order valence-electron chi connectivity index (χ0n) is 16.3. The van der Waals surface area contributed by atoms with Gasteiger partial charge in [-0.1, -0.05) is 12.1 Å². The fourth-order valence-corrected chi connectivity index (χ4v) is 6.12. The molecule has 1 heterocycles. The molecule has 0 saturated heterocycles. The van der Waals surface area contributed by atoms with Gasteiger partial charge in [0, 0.05) is 24.4 Å². The molecule has 4 aliphatic rings. The summed E-state index contributed by atoms with van der Waals surface area (Å²) in [5.74, 6) is 0.687. The average molecular weight is 395 g/mol. The number of nitrogens with zero attached hydrogens (tertiary/aromatic N) is 1. The van der Waals surface area contributed by atoms with E-state index in [0.717, 1.165) is 43.4 Å². The molecule has 4 saturated carbocycles. The van der Waals surface area contributed by atoms with E-state index in [-0.39, 0.29) is 11.9 Å². The second-order valence-electron chi connectivity index (χ2n) is 9.25. The van der Waals surface area contributed by atoms with E-state index < -0.39 is 11.5 Å². The number of nitrogens with two attached hydrogens (primary N) is 1. The normalized spacial score (nSPS) is 32.3. The number of aromatic nitrogens is 1. The van der Waals surface area contributed by atoms with Gasteiger partial charge >= 0.3 is 0 Å². The number of nitrogens with one attached hydrogen (secondary N) is 1. The molecule has 0 radical (unpaired) electrons. The smallest absolute Gasteiger partial charge is 0.252 e. The summed E-state index contributed by atoms with van der Waals surface area (Å²) in [5.41, 5.74) is 7.97. The van der Waals surface area contributed by atoms with Gasteiger partial charge in [0.15, 0.2) is 0 Å². The van der Waals surface area contributed by atoms with Gasteiger partial charge in [-0.2, -0.15) is 0 Å². The molecule has 6 heteroatoms. The summed E-state index contributed by atoms with van der Waals surface area (Å²) in [5, 5.41) is 14.4. The van der Waals surface area contributed by atoms with Crippen molar-refractivity contribution < 1.29 is 14.3 Å². The van der Waals surface area contributed by atoms with Crippen LogP contribution in [0.1, 0.15) is 53.7 Å². The topological polar surface area (TPSA) is 88.2 Å². The second-order valence-corrected chi connectivity index (χ2v) is 9.25. The van der Waals surface area contributed by atoms with Crippen molar-refractivity contribution in [2.45, 2.75) is 50.2 Å². The van der Waals surface area contributed by atoms with Crippen LogP contribution in [0.4, 0.5) is 10.1 Å². The van der Waals surface area contributed by atoms with Crippen molar-refractivity contribution in [1.29, 1.82) is 0 Å². The standard InChI is InChI=1S/C23H26FN3O2/c24-17-3-1-13(2-4-17)7-18-8-20(19(12-26-18)22(25)28)27-21-15-5-14-6-16(21)11-23(29,9-14)10-15/h1-4,8,12,14-16,21,29H,5-7,9-11H2,(H2,25,28)(H,26,27)/t14?,15-,16+,21?,23?. The maximum Gasteiger partial charge on any atom is 0.252 e. The number of hydrogen-bond donors (Lipinski definition) is 3. The van der Waals surface area contributed by atoms with Crippen molar-refractivity contribution >= 4 is 11.6 Å². The number of aliphatic hydroxyl groups is 1. The van der Waals surface area contributed by atoms with E-state index in [4.69, 9.17) is 5.73 Å². The summed E-state index contributed by atoms with van der Waals surface area (Å²) in [6.07, 6.45) is 6.96. The fraction of sp³-hybridized carbons (Fsp3) is 0.478. The molecule has 6 rings (SSSR count). The maximum atomic E-state index is 13.2. The predicted molar refractivity (Wildman–Crippen MR) is 108 cm³/mol. The van der Waals surface area contributed by atoms with E-state index in [1.807, 2.05) is 6.07 Å². The van der Waals surface area contributed by atoms with E-state index in [2.05, 4.69) is 10.3 Å². The first-order valence-electron chi connectivity index (χ1n) is 10.4. The molecule has 4 N–H and O–H groups in total. The van der Waals surface area contributed by atoms with Gasteiger partial charge in [0.25, 0.3) is 5.91 Å². The Morgan fingerprint density at radius 2 is 1.90 bits per heavy atom. The molecule has 29 heavy (non-hydrogen) atoms. The van der Waals surface area contributed by atoms with E-state index >= 15 is 0 Å². The van der Waals surface area contributed by atoms with Crippen LogP contribution in [0.25, 0.3) is 0 Å². The fourth-order valence-electron chi connectivity index (χ4n) is 6.12. The summed E-state index contributed by atoms with van der Waals surface area (Å²) in [4.78, 5) is 16.4. The van der Waals surface area contributed by atoms with Crippen LogP contribution in [0.15, 0.2) is 36.5 Å². The molecule has 1 amide bonds. The van der Waals surface area contributed by atoms with Crippen LogP contribution >= 0.6 is 0 Å². The summed E-state index contributed by atoms with van der Waals surface area (Å²) in [6, 6.07) is 8.49. The Kier molecular flexibility index (Phi) is 4.35. The minimum atomic E-state index is -0.504. The third kappa shape index (κ3) is 3.50. The van der Waals surface area contributed by atoms with Crippen LogP contribution in [0, 0.1) is 23.6 Å². The van der Waals surface area contributed by atoms with Crippen LogP contribution in [-0.4, -0.2) is 27.6 Å². The van der Waals surface area contributed by atoms with Crippen LogP contribution in [-0.2, 0) is 6.42 Å². The van der Waals surface area contributed by atoms with Crippen LogP contribution in [0.2, 0.25) is 0 Å². The summed E-state index contributed by atoms with van der Waals surface area (Å²) >= 11 is 0. The van der Waals surface area contributed by atoms with Crippen molar-refractivity contribution in [1.82, 2.24) is 4.98 Å². The number of hydrogen-bond acceptors (Lipinski definition) is 4. The minimum Gasteiger partial charge on any atom is -0.390 e. The molecular formula is C23H26FN3O2. The monoisotopic (exact) mass is 395 g/mol. The molecule has 5 nitrogen and oxygen atoms in total. The molecule has 4 bridgehead atoms. The van der Waals surface area contributed by atoms with E-state index in [1.165, 1.54) is 18.3 Å². The predicted octanol–water partition coefficient (Wildman–Crippen LogP) is 3.26. The number of pyridine rings is 1. The lowest BCUT2D eigenvalue weighted by atomic mass is 9.52. The molecule has 4 aliphatic carbocycles. The third-order valence-electron chi connectivity index (χ3n) is 7.09. The molecule has 3 unspecified atom stereocenters. The van der Waals surface area contributed by atoms with Crippen LogP contribution in [0.5, 0.6) is 0 Å². The highest BCUT2D eigenvalue weighted by molar-refractivity contribution is 5.98. The van der Waals surface area contributed by atoms with Crippen molar-refractivity contribution in [2.75, 3.05) is 5.32 Å². The lowest BCUT2D eigenvalue weighted by Crippen LogP contribution is -2.59. The number of rotatable bonds is 5. The average Bonchev–Trinajstić information content (AvgIpc) is 2.65. The molecule has 4 fully saturated rings.